The Bertz CT molecular complexity index is 339. The lowest BCUT2D eigenvalue weighted by molar-refractivity contribution is 0.0572. The summed E-state index contributed by atoms with van der Waals surface area (Å²) in [4.78, 5) is 8.83. The normalized spacial score (nSPS) is 13.4. The Morgan fingerprint density at radius 3 is 2.53 bits per heavy atom. The van der Waals surface area contributed by atoms with Crippen LogP contribution in [0.2, 0.25) is 0 Å². The van der Waals surface area contributed by atoms with Crippen LogP contribution in [0.25, 0.3) is 0 Å². The monoisotopic (exact) mass is 237 g/mol. The molecule has 0 spiro atoms. The van der Waals surface area contributed by atoms with Crippen molar-refractivity contribution in [3.05, 3.63) is 23.8 Å². The van der Waals surface area contributed by atoms with E-state index in [1.807, 2.05) is 6.07 Å². The first-order valence-electron chi connectivity index (χ1n) is 6.12. The largest absolute Gasteiger partial charge is 0.373 e. The molecule has 4 nitrogen and oxygen atoms in total. The van der Waals surface area contributed by atoms with Gasteiger partial charge < -0.3 is 10.1 Å². The molecule has 1 atom stereocenters. The zero-order valence-corrected chi connectivity index (χ0v) is 11.4. The van der Waals surface area contributed by atoms with Crippen molar-refractivity contribution in [2.45, 2.75) is 46.4 Å². The molecule has 0 saturated heterocycles. The molecule has 1 heterocycles. The summed E-state index contributed by atoms with van der Waals surface area (Å²) in [6, 6.07) is 2.39. The summed E-state index contributed by atoms with van der Waals surface area (Å²) in [5.74, 6) is 1.14. The average molecular weight is 237 g/mol. The van der Waals surface area contributed by atoms with Crippen LogP contribution in [0.3, 0.4) is 0 Å². The molecule has 1 unspecified atom stereocenters. The Kier molecular flexibility index (Phi) is 5.51. The van der Waals surface area contributed by atoms with Crippen molar-refractivity contribution in [1.29, 1.82) is 0 Å². The minimum atomic E-state index is -0.0333. The van der Waals surface area contributed by atoms with Crippen LogP contribution in [0.5, 0.6) is 0 Å². The molecule has 0 aromatic carbocycles. The number of hydrogen-bond acceptors (Lipinski definition) is 4. The molecule has 0 amide bonds. The third-order valence-corrected chi connectivity index (χ3v) is 2.54. The maximum absolute atomic E-state index is 5.43. The highest BCUT2D eigenvalue weighted by Crippen LogP contribution is 2.21. The molecule has 0 bridgehead atoms. The number of methoxy groups -OCH3 is 1. The maximum atomic E-state index is 5.43. The third-order valence-electron chi connectivity index (χ3n) is 2.54. The van der Waals surface area contributed by atoms with Crippen molar-refractivity contribution in [1.82, 2.24) is 15.3 Å². The molecule has 0 saturated carbocycles. The summed E-state index contributed by atoms with van der Waals surface area (Å²) in [5.41, 5.74) is 1.01. The Morgan fingerprint density at radius 2 is 2.00 bits per heavy atom. The molecular formula is C13H23N3O. The van der Waals surface area contributed by atoms with Crippen LogP contribution in [0.4, 0.5) is 0 Å². The van der Waals surface area contributed by atoms with E-state index in [0.29, 0.717) is 12.0 Å². The van der Waals surface area contributed by atoms with Crippen LogP contribution in [0.1, 0.15) is 45.3 Å². The molecular weight excluding hydrogens is 214 g/mol. The maximum Gasteiger partial charge on any atom is 0.157 e. The number of nitrogens with zero attached hydrogens (tertiary/aromatic N) is 2. The first kappa shape index (κ1) is 14.1. The number of nitrogens with one attached hydrogen (secondary N) is 1. The summed E-state index contributed by atoms with van der Waals surface area (Å²) >= 11 is 0. The van der Waals surface area contributed by atoms with Gasteiger partial charge >= 0.3 is 0 Å². The number of ether oxygens (including phenoxy) is 1. The Balaban J connectivity index is 2.77. The fourth-order valence-electron chi connectivity index (χ4n) is 1.63. The van der Waals surface area contributed by atoms with Crippen molar-refractivity contribution in [2.24, 2.45) is 5.92 Å². The van der Waals surface area contributed by atoms with Crippen LogP contribution < -0.4 is 5.32 Å². The molecule has 0 fully saturated rings. The molecule has 17 heavy (non-hydrogen) atoms. The average Bonchev–Trinajstić information content (AvgIpc) is 2.27. The minimum absolute atomic E-state index is 0.0333. The Morgan fingerprint density at radius 1 is 1.29 bits per heavy atom. The molecule has 0 radical (unpaired) electrons. The highest BCUT2D eigenvalue weighted by molar-refractivity contribution is 5.04. The van der Waals surface area contributed by atoms with Crippen LogP contribution in [-0.4, -0.2) is 23.1 Å². The van der Waals surface area contributed by atoms with Gasteiger partial charge in [0.05, 0.1) is 5.69 Å². The van der Waals surface area contributed by atoms with Gasteiger partial charge in [0.25, 0.3) is 0 Å². The predicted molar refractivity (Wildman–Crippen MR) is 68.6 cm³/mol. The second-order valence-electron chi connectivity index (χ2n) is 4.84. The van der Waals surface area contributed by atoms with E-state index in [1.165, 1.54) is 0 Å². The van der Waals surface area contributed by atoms with Crippen LogP contribution >= 0.6 is 0 Å². The second kappa shape index (κ2) is 6.67. The van der Waals surface area contributed by atoms with Crippen LogP contribution in [0, 0.1) is 5.92 Å². The smallest absolute Gasteiger partial charge is 0.157 e. The topological polar surface area (TPSA) is 47.0 Å². The lowest BCUT2D eigenvalue weighted by atomic mass is 10.1. The summed E-state index contributed by atoms with van der Waals surface area (Å²) in [6.07, 6.45) is 1.77. The zero-order valence-electron chi connectivity index (χ0n) is 11.4. The molecule has 0 aliphatic heterocycles. The number of aromatic nitrogens is 2. The summed E-state index contributed by atoms with van der Waals surface area (Å²) < 4.78 is 5.43. The molecule has 1 N–H and O–H groups in total. The third kappa shape index (κ3) is 4.40. The van der Waals surface area contributed by atoms with Crippen molar-refractivity contribution in [3.8, 4) is 0 Å². The van der Waals surface area contributed by atoms with Gasteiger partial charge in [0.1, 0.15) is 6.10 Å². The molecule has 1 rings (SSSR count). The lowest BCUT2D eigenvalue weighted by Crippen LogP contribution is -2.23. The van der Waals surface area contributed by atoms with Gasteiger partial charge in [0, 0.05) is 25.9 Å². The summed E-state index contributed by atoms with van der Waals surface area (Å²) in [5, 5.41) is 3.34. The molecule has 1 aromatic rings. The van der Waals surface area contributed by atoms with Gasteiger partial charge in [-0.3, -0.25) is 0 Å². The van der Waals surface area contributed by atoms with Gasteiger partial charge in [-0.05, 0) is 12.0 Å². The fourth-order valence-corrected chi connectivity index (χ4v) is 1.63. The van der Waals surface area contributed by atoms with Crippen LogP contribution in [-0.2, 0) is 11.3 Å². The summed E-state index contributed by atoms with van der Waals surface area (Å²) in [6.45, 7) is 9.22. The molecule has 0 aliphatic rings. The minimum Gasteiger partial charge on any atom is -0.373 e. The molecule has 0 aliphatic carbocycles. The summed E-state index contributed by atoms with van der Waals surface area (Å²) in [7, 11) is 1.70. The second-order valence-corrected chi connectivity index (χ2v) is 4.84. The molecule has 4 heteroatoms. The quantitative estimate of drug-likeness (QED) is 0.825. The van der Waals surface area contributed by atoms with Gasteiger partial charge in [-0.2, -0.15) is 0 Å². The molecule has 96 valence electrons. The van der Waals surface area contributed by atoms with Crippen molar-refractivity contribution in [2.75, 3.05) is 7.11 Å². The van der Waals surface area contributed by atoms with E-state index in [9.17, 15) is 0 Å². The number of rotatable bonds is 6. The van der Waals surface area contributed by atoms with Crippen molar-refractivity contribution < 1.29 is 4.74 Å². The standard InChI is InChI=1S/C13H23N3O/c1-9(2)12(17-5)13-14-7-6-11(16-13)8-15-10(3)4/h6-7,9-10,12,15H,8H2,1-5H3. The zero-order chi connectivity index (χ0) is 12.8. The number of hydrogen-bond donors (Lipinski definition) is 1. The SMILES string of the molecule is COC(c1nccc(CNC(C)C)n1)C(C)C. The van der Waals surface area contributed by atoms with Crippen LogP contribution in [0.15, 0.2) is 12.3 Å². The van der Waals surface area contributed by atoms with Gasteiger partial charge in [0.2, 0.25) is 0 Å². The van der Waals surface area contributed by atoms with Gasteiger partial charge in [-0.1, -0.05) is 27.7 Å². The first-order valence-corrected chi connectivity index (χ1v) is 6.12. The highest BCUT2D eigenvalue weighted by Gasteiger charge is 2.18. The van der Waals surface area contributed by atoms with E-state index in [1.54, 1.807) is 13.3 Å². The van der Waals surface area contributed by atoms with E-state index in [4.69, 9.17) is 4.74 Å². The van der Waals surface area contributed by atoms with Crippen molar-refractivity contribution >= 4 is 0 Å². The molecule has 1 aromatic heterocycles. The lowest BCUT2D eigenvalue weighted by Gasteiger charge is -2.18. The van der Waals surface area contributed by atoms with Crippen molar-refractivity contribution in [3.63, 3.8) is 0 Å². The Hall–Kier alpha value is -1.00. The Labute approximate surface area is 104 Å². The van der Waals surface area contributed by atoms with Gasteiger partial charge in [0.15, 0.2) is 5.82 Å². The van der Waals surface area contributed by atoms with E-state index < -0.39 is 0 Å². The predicted octanol–water partition coefficient (Wildman–Crippen LogP) is 2.32. The van der Waals surface area contributed by atoms with E-state index in [0.717, 1.165) is 18.1 Å². The van der Waals surface area contributed by atoms with E-state index in [-0.39, 0.29) is 6.10 Å². The highest BCUT2D eigenvalue weighted by atomic mass is 16.5. The first-order chi connectivity index (χ1) is 8.04. The fraction of sp³-hybridized carbons (Fsp3) is 0.692. The van der Waals surface area contributed by atoms with Gasteiger partial charge in [-0.15, -0.1) is 0 Å². The van der Waals surface area contributed by atoms with E-state index >= 15 is 0 Å². The van der Waals surface area contributed by atoms with E-state index in [2.05, 4.69) is 43.0 Å². The van der Waals surface area contributed by atoms with Gasteiger partial charge in [-0.25, -0.2) is 9.97 Å².